The van der Waals surface area contributed by atoms with Crippen LogP contribution in [0.15, 0.2) is 11.6 Å². The third-order valence-corrected chi connectivity index (χ3v) is 10.1. The van der Waals surface area contributed by atoms with Crippen molar-refractivity contribution >= 4 is 5.78 Å². The van der Waals surface area contributed by atoms with Gasteiger partial charge in [0.15, 0.2) is 5.78 Å². The molecule has 30 heavy (non-hydrogen) atoms. The van der Waals surface area contributed by atoms with Crippen LogP contribution in [0.1, 0.15) is 125 Å². The Kier molecular flexibility index (Phi) is 7.95. The van der Waals surface area contributed by atoms with Crippen LogP contribution in [0, 0.1) is 40.4 Å². The van der Waals surface area contributed by atoms with E-state index in [1.165, 1.54) is 76.2 Å². The number of carbonyl (C=O) groups excluding carboxylic acids is 1. The van der Waals surface area contributed by atoms with E-state index in [1.54, 1.807) is 0 Å². The Balaban J connectivity index is 1.67. The number of rotatable bonds is 6. The molecular formula is C29H50O. The molecule has 0 heterocycles. The van der Waals surface area contributed by atoms with Crippen LogP contribution in [0.3, 0.4) is 0 Å². The van der Waals surface area contributed by atoms with Crippen molar-refractivity contribution in [2.45, 2.75) is 125 Å². The van der Waals surface area contributed by atoms with E-state index in [0.29, 0.717) is 16.6 Å². The van der Waals surface area contributed by atoms with Gasteiger partial charge in [-0.05, 0) is 91.4 Å². The second kappa shape index (κ2) is 9.91. The summed E-state index contributed by atoms with van der Waals surface area (Å²) in [6, 6.07) is 0. The topological polar surface area (TPSA) is 17.1 Å². The van der Waals surface area contributed by atoms with Gasteiger partial charge in [-0.3, -0.25) is 4.79 Å². The summed E-state index contributed by atoms with van der Waals surface area (Å²) in [6.45, 7) is 14.8. The molecule has 0 aromatic rings. The Morgan fingerprint density at radius 3 is 2.50 bits per heavy atom. The fourth-order valence-corrected chi connectivity index (χ4v) is 7.64. The monoisotopic (exact) mass is 414 g/mol. The fraction of sp³-hybridized carbons (Fsp3) is 0.897. The zero-order valence-corrected chi connectivity index (χ0v) is 21.1. The molecule has 0 saturated heterocycles. The number of ketones is 1. The zero-order chi connectivity index (χ0) is 21.9. The summed E-state index contributed by atoms with van der Waals surface area (Å²) in [5.41, 5.74) is 2.27. The van der Waals surface area contributed by atoms with E-state index in [1.807, 2.05) is 0 Å². The molecule has 3 aliphatic rings. The molecule has 0 N–H and O–H groups in total. The first kappa shape index (κ1) is 24.1. The molecule has 0 aromatic heterocycles. The number of allylic oxidation sites excluding steroid dienone is 2. The molecule has 1 nitrogen and oxygen atoms in total. The standard InChI is InChI=1S/C29H50O/c1-7-22(21(2)3)10-8-12-24-13-9-11-23-14-15-25-20-26(30)16-19-29(25,6)27(23)17-18-28(24,4)5/h20-24,27H,7-19H2,1-6H3/t22-,23?,24?,27?,29+/m1/s1. The van der Waals surface area contributed by atoms with Gasteiger partial charge in [0, 0.05) is 6.42 Å². The lowest BCUT2D eigenvalue weighted by atomic mass is 9.54. The SMILES string of the molecule is CC[C@H](CCCC1CCCC2CCC3=CC(=O)CC[C@]3(C)C2CCC1(C)C)C(C)C. The first-order valence-corrected chi connectivity index (χ1v) is 13.4. The van der Waals surface area contributed by atoms with E-state index in [4.69, 9.17) is 0 Å². The second-order valence-electron chi connectivity index (χ2n) is 12.5. The van der Waals surface area contributed by atoms with Crippen LogP contribution >= 0.6 is 0 Å². The van der Waals surface area contributed by atoms with Gasteiger partial charge < -0.3 is 0 Å². The molecule has 0 bridgehead atoms. The molecule has 0 radical (unpaired) electrons. The molecule has 3 unspecified atom stereocenters. The van der Waals surface area contributed by atoms with E-state index in [-0.39, 0.29) is 0 Å². The van der Waals surface area contributed by atoms with Gasteiger partial charge in [-0.1, -0.05) is 79.2 Å². The van der Waals surface area contributed by atoms with Crippen molar-refractivity contribution in [1.29, 1.82) is 0 Å². The van der Waals surface area contributed by atoms with Gasteiger partial charge in [-0.25, -0.2) is 0 Å². The first-order chi connectivity index (χ1) is 14.2. The minimum Gasteiger partial charge on any atom is -0.295 e. The van der Waals surface area contributed by atoms with Crippen molar-refractivity contribution in [3.8, 4) is 0 Å². The summed E-state index contributed by atoms with van der Waals surface area (Å²) in [5, 5.41) is 0. The van der Waals surface area contributed by atoms with Crippen molar-refractivity contribution in [1.82, 2.24) is 0 Å². The van der Waals surface area contributed by atoms with Gasteiger partial charge in [0.25, 0.3) is 0 Å². The molecule has 3 aliphatic carbocycles. The van der Waals surface area contributed by atoms with Crippen molar-refractivity contribution in [3.63, 3.8) is 0 Å². The molecular weight excluding hydrogens is 364 g/mol. The molecule has 2 saturated carbocycles. The Hall–Kier alpha value is -0.590. The summed E-state index contributed by atoms with van der Waals surface area (Å²) < 4.78 is 0. The zero-order valence-electron chi connectivity index (χ0n) is 21.1. The smallest absolute Gasteiger partial charge is 0.155 e. The maximum atomic E-state index is 12.1. The summed E-state index contributed by atoms with van der Waals surface area (Å²) in [7, 11) is 0. The van der Waals surface area contributed by atoms with E-state index in [0.717, 1.165) is 42.4 Å². The quantitative estimate of drug-likeness (QED) is 0.424. The summed E-state index contributed by atoms with van der Waals surface area (Å²) in [6.07, 6.45) is 19.1. The van der Waals surface area contributed by atoms with E-state index in [9.17, 15) is 4.79 Å². The number of hydrogen-bond donors (Lipinski definition) is 0. The maximum absolute atomic E-state index is 12.1. The average Bonchev–Trinajstić information content (AvgIpc) is 2.74. The molecule has 5 atom stereocenters. The predicted molar refractivity (Wildman–Crippen MR) is 129 cm³/mol. The van der Waals surface area contributed by atoms with Crippen LogP contribution in [0.2, 0.25) is 0 Å². The minimum atomic E-state index is 0.304. The number of fused-ring (bicyclic) bond motifs is 3. The van der Waals surface area contributed by atoms with Crippen molar-refractivity contribution in [3.05, 3.63) is 11.6 Å². The summed E-state index contributed by atoms with van der Waals surface area (Å²) >= 11 is 0. The molecule has 172 valence electrons. The normalized spacial score (nSPS) is 35.5. The van der Waals surface area contributed by atoms with E-state index in [2.05, 4.69) is 47.6 Å². The Bertz CT molecular complexity index is 612. The summed E-state index contributed by atoms with van der Waals surface area (Å²) in [5.74, 6) is 4.70. The lowest BCUT2D eigenvalue weighted by molar-refractivity contribution is -0.116. The molecule has 2 fully saturated rings. The van der Waals surface area contributed by atoms with Crippen LogP contribution in [-0.2, 0) is 4.79 Å². The number of hydrogen-bond acceptors (Lipinski definition) is 1. The lowest BCUT2D eigenvalue weighted by Crippen LogP contribution is -2.41. The highest BCUT2D eigenvalue weighted by Crippen LogP contribution is 2.57. The molecule has 3 rings (SSSR count). The van der Waals surface area contributed by atoms with Crippen LogP contribution < -0.4 is 0 Å². The van der Waals surface area contributed by atoms with Gasteiger partial charge in [-0.2, -0.15) is 0 Å². The molecule has 0 aliphatic heterocycles. The average molecular weight is 415 g/mol. The van der Waals surface area contributed by atoms with Gasteiger partial charge in [-0.15, -0.1) is 0 Å². The third-order valence-electron chi connectivity index (χ3n) is 10.1. The third kappa shape index (κ3) is 5.24. The molecule has 1 heteroatoms. The highest BCUT2D eigenvalue weighted by molar-refractivity contribution is 5.91. The largest absolute Gasteiger partial charge is 0.295 e. The maximum Gasteiger partial charge on any atom is 0.155 e. The van der Waals surface area contributed by atoms with Crippen LogP contribution in [0.25, 0.3) is 0 Å². The Labute approximate surface area is 187 Å². The van der Waals surface area contributed by atoms with Crippen LogP contribution in [-0.4, -0.2) is 5.78 Å². The number of carbonyl (C=O) groups is 1. The Morgan fingerprint density at radius 2 is 1.80 bits per heavy atom. The second-order valence-corrected chi connectivity index (χ2v) is 12.5. The van der Waals surface area contributed by atoms with E-state index < -0.39 is 0 Å². The molecule has 0 aromatic carbocycles. The van der Waals surface area contributed by atoms with E-state index >= 15 is 0 Å². The van der Waals surface area contributed by atoms with Gasteiger partial charge in [0.05, 0.1) is 0 Å². The van der Waals surface area contributed by atoms with Gasteiger partial charge >= 0.3 is 0 Å². The molecule has 0 spiro atoms. The predicted octanol–water partition coefficient (Wildman–Crippen LogP) is 8.77. The lowest BCUT2D eigenvalue weighted by Gasteiger charge is -2.50. The Morgan fingerprint density at radius 1 is 1.03 bits per heavy atom. The highest BCUT2D eigenvalue weighted by atomic mass is 16.1. The van der Waals surface area contributed by atoms with Crippen molar-refractivity contribution in [2.75, 3.05) is 0 Å². The summed E-state index contributed by atoms with van der Waals surface area (Å²) in [4.78, 5) is 12.1. The van der Waals surface area contributed by atoms with Gasteiger partial charge in [0.2, 0.25) is 0 Å². The first-order valence-electron chi connectivity index (χ1n) is 13.4. The van der Waals surface area contributed by atoms with Crippen molar-refractivity contribution in [2.24, 2.45) is 40.4 Å². The fourth-order valence-electron chi connectivity index (χ4n) is 7.64. The van der Waals surface area contributed by atoms with Crippen LogP contribution in [0.5, 0.6) is 0 Å². The highest BCUT2D eigenvalue weighted by Gasteiger charge is 2.47. The van der Waals surface area contributed by atoms with Gasteiger partial charge in [0.1, 0.15) is 0 Å². The minimum absolute atomic E-state index is 0.304. The van der Waals surface area contributed by atoms with Crippen LogP contribution in [0.4, 0.5) is 0 Å². The molecule has 0 amide bonds. The van der Waals surface area contributed by atoms with Crippen molar-refractivity contribution < 1.29 is 4.79 Å².